The average molecular weight is 244 g/mol. The molecule has 0 saturated carbocycles. The van der Waals surface area contributed by atoms with Gasteiger partial charge >= 0.3 is 0 Å². The van der Waals surface area contributed by atoms with Gasteiger partial charge in [0.05, 0.1) is 11.6 Å². The van der Waals surface area contributed by atoms with Gasteiger partial charge in [0, 0.05) is 24.8 Å². The van der Waals surface area contributed by atoms with Crippen LogP contribution >= 0.6 is 11.6 Å². The molecule has 0 atom stereocenters. The number of phenols is 1. The number of hydrogen-bond donors (Lipinski definition) is 2. The van der Waals surface area contributed by atoms with E-state index in [2.05, 4.69) is 5.32 Å². The monoisotopic (exact) mass is 243 g/mol. The maximum Gasteiger partial charge on any atom is 0.138 e. The van der Waals surface area contributed by atoms with Crippen LogP contribution in [0.1, 0.15) is 19.4 Å². The maximum atomic E-state index is 9.72. The molecule has 2 N–H and O–H groups in total. The summed E-state index contributed by atoms with van der Waals surface area (Å²) in [6, 6.07) is 5.33. The molecular formula is C12H18ClNO2. The van der Waals surface area contributed by atoms with E-state index >= 15 is 0 Å². The van der Waals surface area contributed by atoms with Gasteiger partial charge in [-0.3, -0.25) is 0 Å². The minimum absolute atomic E-state index is 0.135. The summed E-state index contributed by atoms with van der Waals surface area (Å²) in [5.74, 6) is 0.143. The lowest BCUT2D eigenvalue weighted by atomic mass is 10.1. The van der Waals surface area contributed by atoms with Gasteiger partial charge in [0.25, 0.3) is 0 Å². The first-order valence-electron chi connectivity index (χ1n) is 5.16. The number of methoxy groups -OCH3 is 1. The van der Waals surface area contributed by atoms with Crippen molar-refractivity contribution in [2.45, 2.75) is 25.9 Å². The molecule has 0 aliphatic heterocycles. The van der Waals surface area contributed by atoms with Gasteiger partial charge in [0.15, 0.2) is 0 Å². The van der Waals surface area contributed by atoms with Gasteiger partial charge in [-0.15, -0.1) is 0 Å². The van der Waals surface area contributed by atoms with E-state index in [9.17, 15) is 5.11 Å². The molecule has 0 radical (unpaired) electrons. The fraction of sp³-hybridized carbons (Fsp3) is 0.500. The summed E-state index contributed by atoms with van der Waals surface area (Å²) >= 11 is 5.82. The third kappa shape index (κ3) is 3.67. The molecule has 0 spiro atoms. The Hall–Kier alpha value is -0.770. The van der Waals surface area contributed by atoms with E-state index in [0.717, 1.165) is 5.56 Å². The van der Waals surface area contributed by atoms with Crippen LogP contribution in [0.2, 0.25) is 5.02 Å². The topological polar surface area (TPSA) is 41.5 Å². The molecule has 0 heterocycles. The Morgan fingerprint density at radius 3 is 2.75 bits per heavy atom. The second-order valence-electron chi connectivity index (χ2n) is 4.42. The summed E-state index contributed by atoms with van der Waals surface area (Å²) in [6.07, 6.45) is 0. The zero-order chi connectivity index (χ0) is 12.2. The highest BCUT2D eigenvalue weighted by Crippen LogP contribution is 2.27. The number of nitrogens with one attached hydrogen (secondary N) is 1. The number of hydrogen-bond acceptors (Lipinski definition) is 3. The minimum atomic E-state index is -0.135. The van der Waals surface area contributed by atoms with Gasteiger partial charge in [-0.2, -0.15) is 0 Å². The van der Waals surface area contributed by atoms with Crippen LogP contribution in [0.25, 0.3) is 0 Å². The molecule has 0 unspecified atom stereocenters. The maximum absolute atomic E-state index is 9.72. The standard InChI is InChI=1S/C12H18ClNO2/c1-12(2,8-16-3)14-7-9-5-4-6-10(13)11(9)15/h4-6,14-15H,7-8H2,1-3H3. The van der Waals surface area contributed by atoms with Gasteiger partial charge in [0.2, 0.25) is 0 Å². The third-order valence-electron chi connectivity index (χ3n) is 2.33. The zero-order valence-corrected chi connectivity index (χ0v) is 10.6. The van der Waals surface area contributed by atoms with Crippen molar-refractivity contribution in [3.05, 3.63) is 28.8 Å². The Morgan fingerprint density at radius 2 is 2.12 bits per heavy atom. The first-order chi connectivity index (χ1) is 7.46. The smallest absolute Gasteiger partial charge is 0.138 e. The molecule has 0 aliphatic rings. The van der Waals surface area contributed by atoms with Gasteiger partial charge in [-0.1, -0.05) is 23.7 Å². The van der Waals surface area contributed by atoms with E-state index in [1.807, 2.05) is 26.0 Å². The van der Waals surface area contributed by atoms with E-state index in [0.29, 0.717) is 18.2 Å². The predicted molar refractivity (Wildman–Crippen MR) is 65.9 cm³/mol. The molecule has 1 aromatic carbocycles. The predicted octanol–water partition coefficient (Wildman–Crippen LogP) is 2.56. The Bertz CT molecular complexity index is 353. The average Bonchev–Trinajstić information content (AvgIpc) is 2.20. The van der Waals surface area contributed by atoms with Crippen molar-refractivity contribution in [1.29, 1.82) is 0 Å². The number of benzene rings is 1. The van der Waals surface area contributed by atoms with Crippen molar-refractivity contribution >= 4 is 11.6 Å². The summed E-state index contributed by atoms with van der Waals surface area (Å²) in [5, 5.41) is 13.4. The number of para-hydroxylation sites is 1. The van der Waals surface area contributed by atoms with E-state index in [1.54, 1.807) is 13.2 Å². The third-order valence-corrected chi connectivity index (χ3v) is 2.64. The molecule has 0 saturated heterocycles. The van der Waals surface area contributed by atoms with Crippen molar-refractivity contribution in [1.82, 2.24) is 5.32 Å². The van der Waals surface area contributed by atoms with Gasteiger partial charge in [0.1, 0.15) is 5.75 Å². The van der Waals surface area contributed by atoms with E-state index in [4.69, 9.17) is 16.3 Å². The Kier molecular flexibility index (Phi) is 4.59. The quantitative estimate of drug-likeness (QED) is 0.835. The summed E-state index contributed by atoms with van der Waals surface area (Å²) in [5.41, 5.74) is 0.653. The Labute approximate surface area is 101 Å². The highest BCUT2D eigenvalue weighted by atomic mass is 35.5. The Balaban J connectivity index is 2.64. The lowest BCUT2D eigenvalue weighted by Gasteiger charge is -2.25. The molecule has 0 bridgehead atoms. The molecule has 0 fully saturated rings. The van der Waals surface area contributed by atoms with Crippen molar-refractivity contribution in [2.24, 2.45) is 0 Å². The van der Waals surface area contributed by atoms with Gasteiger partial charge in [-0.25, -0.2) is 0 Å². The fourth-order valence-corrected chi connectivity index (χ4v) is 1.64. The molecule has 0 aromatic heterocycles. The molecule has 1 rings (SSSR count). The molecule has 3 nitrogen and oxygen atoms in total. The Morgan fingerprint density at radius 1 is 1.44 bits per heavy atom. The fourth-order valence-electron chi connectivity index (χ4n) is 1.45. The number of phenolic OH excluding ortho intramolecular Hbond substituents is 1. The van der Waals surface area contributed by atoms with Crippen LogP contribution < -0.4 is 5.32 Å². The molecular weight excluding hydrogens is 226 g/mol. The van der Waals surface area contributed by atoms with Crippen LogP contribution in [-0.2, 0) is 11.3 Å². The van der Waals surface area contributed by atoms with Crippen LogP contribution in [0.5, 0.6) is 5.75 Å². The second kappa shape index (κ2) is 5.53. The zero-order valence-electron chi connectivity index (χ0n) is 9.88. The summed E-state index contributed by atoms with van der Waals surface area (Å²) in [6.45, 7) is 5.24. The summed E-state index contributed by atoms with van der Waals surface area (Å²) in [4.78, 5) is 0. The number of rotatable bonds is 5. The molecule has 4 heteroatoms. The molecule has 90 valence electrons. The normalized spacial score (nSPS) is 11.8. The van der Waals surface area contributed by atoms with Crippen molar-refractivity contribution in [3.63, 3.8) is 0 Å². The number of aromatic hydroxyl groups is 1. The van der Waals surface area contributed by atoms with Crippen LogP contribution in [0.15, 0.2) is 18.2 Å². The number of halogens is 1. The van der Waals surface area contributed by atoms with E-state index in [1.165, 1.54) is 0 Å². The van der Waals surface area contributed by atoms with Crippen LogP contribution in [0.3, 0.4) is 0 Å². The number of ether oxygens (including phenoxy) is 1. The lowest BCUT2D eigenvalue weighted by Crippen LogP contribution is -2.42. The van der Waals surface area contributed by atoms with Crippen molar-refractivity contribution in [2.75, 3.05) is 13.7 Å². The first kappa shape index (κ1) is 13.3. The molecule has 1 aromatic rings. The summed E-state index contributed by atoms with van der Waals surface area (Å²) < 4.78 is 5.10. The molecule has 16 heavy (non-hydrogen) atoms. The van der Waals surface area contributed by atoms with Crippen LogP contribution in [0, 0.1) is 0 Å². The van der Waals surface area contributed by atoms with Crippen molar-refractivity contribution in [3.8, 4) is 5.75 Å². The summed E-state index contributed by atoms with van der Waals surface area (Å²) in [7, 11) is 1.67. The van der Waals surface area contributed by atoms with Gasteiger partial charge < -0.3 is 15.2 Å². The minimum Gasteiger partial charge on any atom is -0.506 e. The van der Waals surface area contributed by atoms with E-state index < -0.39 is 0 Å². The lowest BCUT2D eigenvalue weighted by molar-refractivity contribution is 0.127. The van der Waals surface area contributed by atoms with E-state index in [-0.39, 0.29) is 11.3 Å². The second-order valence-corrected chi connectivity index (χ2v) is 4.83. The van der Waals surface area contributed by atoms with Crippen LogP contribution in [-0.4, -0.2) is 24.4 Å². The van der Waals surface area contributed by atoms with Crippen LogP contribution in [0.4, 0.5) is 0 Å². The molecule has 0 aliphatic carbocycles. The first-order valence-corrected chi connectivity index (χ1v) is 5.54. The van der Waals surface area contributed by atoms with Gasteiger partial charge in [-0.05, 0) is 19.9 Å². The highest BCUT2D eigenvalue weighted by molar-refractivity contribution is 6.32. The molecule has 0 amide bonds. The largest absolute Gasteiger partial charge is 0.506 e. The SMILES string of the molecule is COCC(C)(C)NCc1cccc(Cl)c1O. The van der Waals surface area contributed by atoms with Crippen molar-refractivity contribution < 1.29 is 9.84 Å². The highest BCUT2D eigenvalue weighted by Gasteiger charge is 2.17.